The van der Waals surface area contributed by atoms with Crippen molar-refractivity contribution in [1.82, 2.24) is 0 Å². The van der Waals surface area contributed by atoms with Crippen LogP contribution in [0.4, 0.5) is 0 Å². The van der Waals surface area contributed by atoms with E-state index in [1.54, 1.807) is 18.2 Å². The summed E-state index contributed by atoms with van der Waals surface area (Å²) in [5.41, 5.74) is 0. The number of sulfone groups is 2. The molecule has 0 radical (unpaired) electrons. The molecule has 0 amide bonds. The molecule has 1 heterocycles. The van der Waals surface area contributed by atoms with Crippen molar-refractivity contribution in [2.45, 2.75) is 18.9 Å². The summed E-state index contributed by atoms with van der Waals surface area (Å²) in [7, 11) is -7.48. The lowest BCUT2D eigenvalue weighted by Gasteiger charge is -2.06. The van der Waals surface area contributed by atoms with Gasteiger partial charge in [0.15, 0.2) is 0 Å². The average Bonchev–Trinajstić information content (AvgIpc) is 3.12. The van der Waals surface area contributed by atoms with Crippen LogP contribution in [0.25, 0.3) is 0 Å². The molecule has 5 nitrogen and oxygen atoms in total. The molecule has 25 heavy (non-hydrogen) atoms. The molecule has 0 spiro atoms. The van der Waals surface area contributed by atoms with E-state index in [2.05, 4.69) is 0 Å². The van der Waals surface area contributed by atoms with Crippen molar-refractivity contribution >= 4 is 31.0 Å². The Balaban J connectivity index is 1.99. The quantitative estimate of drug-likeness (QED) is 0.683. The summed E-state index contributed by atoms with van der Waals surface area (Å²) < 4.78 is 50.2. The van der Waals surface area contributed by atoms with Gasteiger partial charge in [-0.05, 0) is 48.5 Å². The average molecular weight is 389 g/mol. The van der Waals surface area contributed by atoms with Crippen molar-refractivity contribution in [1.29, 1.82) is 5.26 Å². The fourth-order valence-corrected chi connectivity index (χ4v) is 5.96. The highest BCUT2D eigenvalue weighted by Crippen LogP contribution is 2.29. The van der Waals surface area contributed by atoms with Gasteiger partial charge in [0.05, 0.1) is 14.7 Å². The third-order valence-corrected chi connectivity index (χ3v) is 8.49. The van der Waals surface area contributed by atoms with E-state index in [9.17, 15) is 16.8 Å². The molecule has 0 aliphatic rings. The van der Waals surface area contributed by atoms with Gasteiger partial charge in [-0.15, -0.1) is 11.3 Å². The van der Waals surface area contributed by atoms with Crippen LogP contribution in [-0.4, -0.2) is 16.8 Å². The van der Waals surface area contributed by atoms with Gasteiger partial charge in [0.25, 0.3) is 0 Å². The van der Waals surface area contributed by atoms with Gasteiger partial charge in [0.1, 0.15) is 15.2 Å². The van der Waals surface area contributed by atoms with E-state index >= 15 is 0 Å². The van der Waals surface area contributed by atoms with Crippen LogP contribution in [0.1, 0.15) is 4.88 Å². The summed E-state index contributed by atoms with van der Waals surface area (Å²) in [5, 5.41) is 8.82. The van der Waals surface area contributed by atoms with Gasteiger partial charge < -0.3 is 0 Å². The molecule has 0 atom stereocenters. The van der Waals surface area contributed by atoms with Crippen molar-refractivity contribution in [3.8, 4) is 6.07 Å². The Morgan fingerprint density at radius 2 is 1.20 bits per heavy atom. The number of thiophene rings is 1. The zero-order valence-electron chi connectivity index (χ0n) is 12.7. The van der Waals surface area contributed by atoms with E-state index in [0.29, 0.717) is 4.88 Å². The summed E-state index contributed by atoms with van der Waals surface area (Å²) in [5.74, 6) is 0. The van der Waals surface area contributed by atoms with Crippen molar-refractivity contribution in [3.05, 3.63) is 71.6 Å². The smallest absolute Gasteiger partial charge is 0.215 e. The van der Waals surface area contributed by atoms with Crippen molar-refractivity contribution in [2.75, 3.05) is 0 Å². The van der Waals surface area contributed by atoms with Gasteiger partial charge in [-0.2, -0.15) is 5.26 Å². The van der Waals surface area contributed by atoms with E-state index in [-0.39, 0.29) is 18.9 Å². The maximum absolute atomic E-state index is 12.5. The SMILES string of the molecule is N#Cc1ccc(S(=O)(=O)c2ccc(S(=O)(=O)c3ccccc3)cc2)s1. The minimum absolute atomic E-state index is 0.0153. The number of hydrogen-bond donors (Lipinski definition) is 0. The Hall–Kier alpha value is -2.47. The highest BCUT2D eigenvalue weighted by molar-refractivity contribution is 7.93. The second-order valence-electron chi connectivity index (χ2n) is 5.02. The van der Waals surface area contributed by atoms with Crippen LogP contribution in [-0.2, 0) is 19.7 Å². The zero-order chi connectivity index (χ0) is 18.1. The van der Waals surface area contributed by atoms with Gasteiger partial charge in [-0.25, -0.2) is 16.8 Å². The third kappa shape index (κ3) is 3.22. The van der Waals surface area contributed by atoms with Crippen LogP contribution >= 0.6 is 11.3 Å². The Labute approximate surface area is 149 Å². The van der Waals surface area contributed by atoms with Crippen LogP contribution in [0.3, 0.4) is 0 Å². The molecule has 2 aromatic carbocycles. The molecule has 3 rings (SSSR count). The largest absolute Gasteiger partial charge is 0.219 e. The summed E-state index contributed by atoms with van der Waals surface area (Å²) in [4.78, 5) is 0.428. The van der Waals surface area contributed by atoms with Crippen LogP contribution in [0.5, 0.6) is 0 Å². The lowest BCUT2D eigenvalue weighted by molar-refractivity contribution is 0.593. The first-order valence-corrected chi connectivity index (χ1v) is 10.8. The second-order valence-corrected chi connectivity index (χ2v) is 10.2. The first kappa shape index (κ1) is 17.4. The van der Waals surface area contributed by atoms with Gasteiger partial charge in [-0.3, -0.25) is 0 Å². The van der Waals surface area contributed by atoms with E-state index < -0.39 is 19.7 Å². The lowest BCUT2D eigenvalue weighted by atomic mass is 10.4. The topological polar surface area (TPSA) is 92.1 Å². The van der Waals surface area contributed by atoms with Crippen LogP contribution < -0.4 is 0 Å². The molecule has 0 N–H and O–H groups in total. The number of nitrogens with zero attached hydrogens (tertiary/aromatic N) is 1. The first-order valence-electron chi connectivity index (χ1n) is 7.01. The number of benzene rings is 2. The van der Waals surface area contributed by atoms with Crippen LogP contribution in [0, 0.1) is 11.3 Å². The molecular formula is C17H11NO4S3. The van der Waals surface area contributed by atoms with Crippen LogP contribution in [0.2, 0.25) is 0 Å². The monoisotopic (exact) mass is 389 g/mol. The fraction of sp³-hybridized carbons (Fsp3) is 0. The summed E-state index contributed by atoms with van der Waals surface area (Å²) >= 11 is 0.874. The minimum Gasteiger partial charge on any atom is -0.219 e. The predicted octanol–water partition coefficient (Wildman–Crippen LogP) is 3.29. The normalized spacial score (nSPS) is 11.8. The summed E-state index contributed by atoms with van der Waals surface area (Å²) in [6.07, 6.45) is 0. The van der Waals surface area contributed by atoms with E-state index in [0.717, 1.165) is 11.3 Å². The minimum atomic E-state index is -3.78. The molecule has 0 saturated heterocycles. The van der Waals surface area contributed by atoms with Gasteiger partial charge in [-0.1, -0.05) is 18.2 Å². The van der Waals surface area contributed by atoms with Gasteiger partial charge >= 0.3 is 0 Å². The molecule has 0 fully saturated rings. The van der Waals surface area contributed by atoms with E-state index in [1.165, 1.54) is 48.5 Å². The first-order chi connectivity index (χ1) is 11.9. The molecule has 0 bridgehead atoms. The number of rotatable bonds is 4. The van der Waals surface area contributed by atoms with Gasteiger partial charge in [0.2, 0.25) is 19.7 Å². The Kier molecular flexibility index (Phi) is 4.47. The predicted molar refractivity (Wildman–Crippen MR) is 92.8 cm³/mol. The van der Waals surface area contributed by atoms with Crippen molar-refractivity contribution in [2.24, 2.45) is 0 Å². The lowest BCUT2D eigenvalue weighted by Crippen LogP contribution is -2.04. The van der Waals surface area contributed by atoms with E-state index in [4.69, 9.17) is 5.26 Å². The molecule has 0 saturated carbocycles. The maximum Gasteiger partial charge on any atom is 0.215 e. The van der Waals surface area contributed by atoms with Gasteiger partial charge in [0, 0.05) is 0 Å². The molecule has 3 aromatic rings. The van der Waals surface area contributed by atoms with E-state index in [1.807, 2.05) is 6.07 Å². The zero-order valence-corrected chi connectivity index (χ0v) is 15.1. The maximum atomic E-state index is 12.5. The summed E-state index contributed by atoms with van der Waals surface area (Å²) in [6, 6.07) is 17.7. The highest BCUT2D eigenvalue weighted by Gasteiger charge is 2.22. The Morgan fingerprint density at radius 1 is 0.680 bits per heavy atom. The Bertz CT molecular complexity index is 1150. The molecule has 0 unspecified atom stereocenters. The number of hydrogen-bond acceptors (Lipinski definition) is 6. The Morgan fingerprint density at radius 3 is 1.72 bits per heavy atom. The molecule has 0 aliphatic heterocycles. The highest BCUT2D eigenvalue weighted by atomic mass is 32.2. The fourth-order valence-electron chi connectivity index (χ4n) is 2.17. The van der Waals surface area contributed by atoms with Crippen molar-refractivity contribution in [3.63, 3.8) is 0 Å². The molecule has 1 aromatic heterocycles. The molecular weight excluding hydrogens is 378 g/mol. The second kappa shape index (κ2) is 6.44. The number of nitriles is 1. The van der Waals surface area contributed by atoms with Crippen LogP contribution in [0.15, 0.2) is 85.6 Å². The summed E-state index contributed by atoms with van der Waals surface area (Å²) in [6.45, 7) is 0. The molecule has 8 heteroatoms. The standard InChI is InChI=1S/C17H11NO4S3/c18-12-13-6-11-17(23-13)25(21,22)16-9-7-15(8-10-16)24(19,20)14-4-2-1-3-5-14/h1-11H. The molecule has 126 valence electrons. The molecule has 0 aliphatic carbocycles. The van der Waals surface area contributed by atoms with Crippen molar-refractivity contribution < 1.29 is 16.8 Å². The third-order valence-electron chi connectivity index (χ3n) is 3.45.